The summed E-state index contributed by atoms with van der Waals surface area (Å²) >= 11 is 0. The van der Waals surface area contributed by atoms with Gasteiger partial charge in [-0.05, 0) is 44.9 Å². The molecule has 0 saturated heterocycles. The SMILES string of the molecule is COC[C@H](NC(=O)OC(C)(C)C)C(=O)CCc1cccc(OC)c1. The first-order valence-corrected chi connectivity index (χ1v) is 7.89. The van der Waals surface area contributed by atoms with Crippen LogP contribution in [0.2, 0.25) is 0 Å². The zero-order chi connectivity index (χ0) is 18.2. The van der Waals surface area contributed by atoms with E-state index in [0.29, 0.717) is 6.42 Å². The van der Waals surface area contributed by atoms with E-state index in [1.807, 2.05) is 24.3 Å². The van der Waals surface area contributed by atoms with E-state index in [-0.39, 0.29) is 18.8 Å². The van der Waals surface area contributed by atoms with Crippen LogP contribution < -0.4 is 10.1 Å². The summed E-state index contributed by atoms with van der Waals surface area (Å²) < 4.78 is 15.4. The predicted molar refractivity (Wildman–Crippen MR) is 91.4 cm³/mol. The maximum Gasteiger partial charge on any atom is 0.408 e. The van der Waals surface area contributed by atoms with Gasteiger partial charge in [0.25, 0.3) is 0 Å². The van der Waals surface area contributed by atoms with Crippen LogP contribution in [0.25, 0.3) is 0 Å². The summed E-state index contributed by atoms with van der Waals surface area (Å²) in [5, 5.41) is 2.57. The zero-order valence-corrected chi connectivity index (χ0v) is 15.0. The molecule has 6 nitrogen and oxygen atoms in total. The molecule has 0 aliphatic rings. The number of alkyl carbamates (subject to hydrolysis) is 1. The Bertz CT molecular complexity index is 551. The molecule has 1 aromatic rings. The molecule has 1 rings (SSSR count). The van der Waals surface area contributed by atoms with Gasteiger partial charge in [0, 0.05) is 13.5 Å². The fraction of sp³-hybridized carbons (Fsp3) is 0.556. The highest BCUT2D eigenvalue weighted by molar-refractivity contribution is 5.87. The molecule has 134 valence electrons. The minimum absolute atomic E-state index is 0.106. The number of ether oxygens (including phenoxy) is 3. The second-order valence-electron chi connectivity index (χ2n) is 6.47. The average molecular weight is 337 g/mol. The van der Waals surface area contributed by atoms with Crippen molar-refractivity contribution in [2.24, 2.45) is 0 Å². The van der Waals surface area contributed by atoms with E-state index < -0.39 is 17.7 Å². The lowest BCUT2D eigenvalue weighted by atomic mass is 10.0. The number of nitrogens with one attached hydrogen (secondary N) is 1. The van der Waals surface area contributed by atoms with Gasteiger partial charge in [-0.15, -0.1) is 0 Å². The van der Waals surface area contributed by atoms with E-state index >= 15 is 0 Å². The summed E-state index contributed by atoms with van der Waals surface area (Å²) in [6, 6.07) is 6.82. The van der Waals surface area contributed by atoms with Crippen molar-refractivity contribution in [1.82, 2.24) is 5.32 Å². The molecule has 1 amide bonds. The lowest BCUT2D eigenvalue weighted by molar-refractivity contribution is -0.122. The Morgan fingerprint density at radius 3 is 2.50 bits per heavy atom. The van der Waals surface area contributed by atoms with Crippen LogP contribution in [0.15, 0.2) is 24.3 Å². The van der Waals surface area contributed by atoms with E-state index in [9.17, 15) is 9.59 Å². The third kappa shape index (κ3) is 7.46. The Hall–Kier alpha value is -2.08. The molecule has 0 unspecified atom stereocenters. The second kappa shape index (κ2) is 9.27. The van der Waals surface area contributed by atoms with Crippen molar-refractivity contribution in [1.29, 1.82) is 0 Å². The van der Waals surface area contributed by atoms with E-state index in [2.05, 4.69) is 5.32 Å². The van der Waals surface area contributed by atoms with Crippen molar-refractivity contribution in [2.45, 2.75) is 45.3 Å². The van der Waals surface area contributed by atoms with E-state index in [0.717, 1.165) is 11.3 Å². The first-order valence-electron chi connectivity index (χ1n) is 7.89. The van der Waals surface area contributed by atoms with Crippen LogP contribution in [0.1, 0.15) is 32.8 Å². The molecule has 0 fully saturated rings. The standard InChI is InChI=1S/C18H27NO5/c1-18(2,3)24-17(21)19-15(12-22-4)16(20)10-9-13-7-6-8-14(11-13)23-5/h6-8,11,15H,9-10,12H2,1-5H3,(H,19,21)/t15-/m0/s1. The normalized spacial score (nSPS) is 12.4. The number of amides is 1. The quantitative estimate of drug-likeness (QED) is 0.789. The number of benzene rings is 1. The molecule has 0 heterocycles. The molecule has 0 aromatic heterocycles. The van der Waals surface area contributed by atoms with Crippen LogP contribution >= 0.6 is 0 Å². The van der Waals surface area contributed by atoms with E-state index in [1.54, 1.807) is 27.9 Å². The Morgan fingerprint density at radius 1 is 1.21 bits per heavy atom. The molecule has 0 aliphatic heterocycles. The van der Waals surface area contributed by atoms with E-state index in [1.165, 1.54) is 7.11 Å². The van der Waals surface area contributed by atoms with Gasteiger partial charge in [-0.3, -0.25) is 4.79 Å². The minimum Gasteiger partial charge on any atom is -0.497 e. The number of carbonyl (C=O) groups is 2. The molecule has 0 bridgehead atoms. The molecule has 1 atom stereocenters. The number of carbonyl (C=O) groups excluding carboxylic acids is 2. The molecular weight excluding hydrogens is 310 g/mol. The number of hydrogen-bond donors (Lipinski definition) is 1. The summed E-state index contributed by atoms with van der Waals surface area (Å²) in [6.45, 7) is 5.41. The van der Waals surface area contributed by atoms with Crippen molar-refractivity contribution in [3.8, 4) is 5.75 Å². The van der Waals surface area contributed by atoms with Crippen LogP contribution in [0, 0.1) is 0 Å². The summed E-state index contributed by atoms with van der Waals surface area (Å²) in [7, 11) is 3.09. The van der Waals surface area contributed by atoms with Crippen LogP contribution in [-0.4, -0.2) is 44.3 Å². The van der Waals surface area contributed by atoms with Gasteiger partial charge >= 0.3 is 6.09 Å². The average Bonchev–Trinajstić information content (AvgIpc) is 2.50. The molecule has 6 heteroatoms. The molecule has 1 N–H and O–H groups in total. The summed E-state index contributed by atoms with van der Waals surface area (Å²) in [5.41, 5.74) is 0.377. The Labute approximate surface area is 143 Å². The van der Waals surface area contributed by atoms with Gasteiger partial charge in [0.2, 0.25) is 0 Å². The second-order valence-corrected chi connectivity index (χ2v) is 6.47. The lowest BCUT2D eigenvalue weighted by Crippen LogP contribution is -2.46. The molecule has 0 aliphatic carbocycles. The first kappa shape index (κ1) is 20.0. The van der Waals surface area contributed by atoms with Crippen molar-refractivity contribution < 1.29 is 23.8 Å². The largest absolute Gasteiger partial charge is 0.497 e. The molecular formula is C18H27NO5. The highest BCUT2D eigenvalue weighted by atomic mass is 16.6. The Morgan fingerprint density at radius 2 is 1.92 bits per heavy atom. The van der Waals surface area contributed by atoms with Gasteiger partial charge in [-0.1, -0.05) is 12.1 Å². The van der Waals surface area contributed by atoms with E-state index in [4.69, 9.17) is 14.2 Å². The highest BCUT2D eigenvalue weighted by Gasteiger charge is 2.24. The molecule has 24 heavy (non-hydrogen) atoms. The third-order valence-corrected chi connectivity index (χ3v) is 3.21. The van der Waals surface area contributed by atoms with Crippen molar-refractivity contribution in [3.05, 3.63) is 29.8 Å². The molecule has 1 aromatic carbocycles. The van der Waals surface area contributed by atoms with Crippen LogP contribution in [0.3, 0.4) is 0 Å². The number of methoxy groups -OCH3 is 2. The number of ketones is 1. The maximum absolute atomic E-state index is 12.4. The number of rotatable bonds is 8. The summed E-state index contributed by atoms with van der Waals surface area (Å²) in [5.74, 6) is 0.644. The van der Waals surface area contributed by atoms with Crippen LogP contribution in [0.4, 0.5) is 4.79 Å². The number of aryl methyl sites for hydroxylation is 1. The fourth-order valence-electron chi connectivity index (χ4n) is 2.10. The summed E-state index contributed by atoms with van der Waals surface area (Å²) in [6.07, 6.45) is 0.225. The maximum atomic E-state index is 12.4. The van der Waals surface area contributed by atoms with Crippen molar-refractivity contribution in [3.63, 3.8) is 0 Å². The van der Waals surface area contributed by atoms with Crippen LogP contribution in [-0.2, 0) is 20.7 Å². The van der Waals surface area contributed by atoms with Gasteiger partial charge < -0.3 is 19.5 Å². The molecule has 0 spiro atoms. The number of hydrogen-bond acceptors (Lipinski definition) is 5. The monoisotopic (exact) mass is 337 g/mol. The highest BCUT2D eigenvalue weighted by Crippen LogP contribution is 2.14. The van der Waals surface area contributed by atoms with Gasteiger partial charge in [0.15, 0.2) is 5.78 Å². The van der Waals surface area contributed by atoms with Gasteiger partial charge in [-0.25, -0.2) is 4.79 Å². The van der Waals surface area contributed by atoms with Gasteiger partial charge in [0.1, 0.15) is 17.4 Å². The van der Waals surface area contributed by atoms with Gasteiger partial charge in [-0.2, -0.15) is 0 Å². The zero-order valence-electron chi connectivity index (χ0n) is 15.0. The third-order valence-electron chi connectivity index (χ3n) is 3.21. The Kier molecular flexibility index (Phi) is 7.71. The minimum atomic E-state index is -0.726. The lowest BCUT2D eigenvalue weighted by Gasteiger charge is -2.22. The molecule has 0 saturated carbocycles. The first-order chi connectivity index (χ1) is 11.2. The smallest absolute Gasteiger partial charge is 0.408 e. The van der Waals surface area contributed by atoms with Crippen molar-refractivity contribution in [2.75, 3.05) is 20.8 Å². The fourth-order valence-corrected chi connectivity index (χ4v) is 2.10. The Balaban J connectivity index is 2.60. The topological polar surface area (TPSA) is 73.9 Å². The number of Topliss-reactive ketones (excluding diaryl/α,β-unsaturated/α-hetero) is 1. The molecule has 0 radical (unpaired) electrons. The van der Waals surface area contributed by atoms with Crippen LogP contribution in [0.5, 0.6) is 5.75 Å². The summed E-state index contributed by atoms with van der Waals surface area (Å²) in [4.78, 5) is 24.2. The van der Waals surface area contributed by atoms with Crippen molar-refractivity contribution >= 4 is 11.9 Å². The predicted octanol–water partition coefficient (Wildman–Crippen LogP) is 2.74. The van der Waals surface area contributed by atoms with Gasteiger partial charge in [0.05, 0.1) is 13.7 Å².